The maximum absolute atomic E-state index is 13.1. The molecule has 0 aliphatic carbocycles. The van der Waals surface area contributed by atoms with Crippen LogP contribution in [0, 0.1) is 5.82 Å². The first-order chi connectivity index (χ1) is 11.6. The van der Waals surface area contributed by atoms with Crippen LogP contribution in [0.3, 0.4) is 0 Å². The normalized spacial score (nSPS) is 22.7. The maximum atomic E-state index is 13.1. The van der Waals surface area contributed by atoms with Gasteiger partial charge in [0.05, 0.1) is 18.3 Å². The quantitative estimate of drug-likeness (QED) is 0.940. The van der Waals surface area contributed by atoms with Crippen LogP contribution in [0.25, 0.3) is 0 Å². The fourth-order valence-corrected chi connectivity index (χ4v) is 3.84. The van der Waals surface area contributed by atoms with Gasteiger partial charge in [-0.2, -0.15) is 5.10 Å². The molecule has 1 amide bonds. The van der Waals surface area contributed by atoms with E-state index < -0.39 is 0 Å². The molecule has 0 unspecified atom stereocenters. The Morgan fingerprint density at radius 1 is 1.29 bits per heavy atom. The predicted octanol–water partition coefficient (Wildman–Crippen LogP) is 2.27. The first kappa shape index (κ1) is 15.3. The number of hydrogen-bond acceptors (Lipinski definition) is 3. The van der Waals surface area contributed by atoms with Crippen molar-refractivity contribution in [3.05, 3.63) is 53.1 Å². The van der Waals surface area contributed by atoms with Crippen LogP contribution in [0.5, 0.6) is 0 Å². The van der Waals surface area contributed by atoms with Crippen molar-refractivity contribution < 1.29 is 9.18 Å². The number of benzene rings is 1. The van der Waals surface area contributed by atoms with Crippen molar-refractivity contribution in [1.82, 2.24) is 20.0 Å². The summed E-state index contributed by atoms with van der Waals surface area (Å²) in [6.45, 7) is 4.42. The lowest BCUT2D eigenvalue weighted by molar-refractivity contribution is -0.134. The van der Waals surface area contributed by atoms with Crippen LogP contribution in [-0.2, 0) is 17.8 Å². The lowest BCUT2D eigenvalue weighted by Crippen LogP contribution is -2.44. The van der Waals surface area contributed by atoms with Gasteiger partial charge in [-0.1, -0.05) is 12.1 Å². The minimum Gasteiger partial charge on any atom is -0.335 e. The van der Waals surface area contributed by atoms with Gasteiger partial charge in [0.15, 0.2) is 0 Å². The van der Waals surface area contributed by atoms with Gasteiger partial charge in [-0.25, -0.2) is 4.39 Å². The molecule has 126 valence electrons. The first-order valence-corrected chi connectivity index (χ1v) is 8.44. The Bertz CT molecular complexity index is 742. The number of carbonyl (C=O) groups excluding carboxylic acids is 1. The molecule has 4 rings (SSSR count). The van der Waals surface area contributed by atoms with Crippen molar-refractivity contribution in [1.29, 1.82) is 0 Å². The first-order valence-electron chi connectivity index (χ1n) is 8.44. The van der Waals surface area contributed by atoms with Crippen LogP contribution in [0.15, 0.2) is 30.5 Å². The highest BCUT2D eigenvalue weighted by molar-refractivity contribution is 5.84. The SMILES string of the molecule is C[C@H](c1ccc(F)cc1)N1CC[C@@H](N2CCc3[nH]ncc3C2)C1=O. The zero-order valence-corrected chi connectivity index (χ0v) is 13.7. The monoisotopic (exact) mass is 328 g/mol. The van der Waals surface area contributed by atoms with E-state index in [0.29, 0.717) is 0 Å². The molecule has 2 aliphatic rings. The Kier molecular flexibility index (Phi) is 3.84. The van der Waals surface area contributed by atoms with Gasteiger partial charge >= 0.3 is 0 Å². The number of amides is 1. The van der Waals surface area contributed by atoms with Gasteiger partial charge in [0.1, 0.15) is 5.82 Å². The third-order valence-electron chi connectivity index (χ3n) is 5.30. The molecule has 1 fully saturated rings. The highest BCUT2D eigenvalue weighted by Gasteiger charge is 2.39. The summed E-state index contributed by atoms with van der Waals surface area (Å²) < 4.78 is 13.1. The number of aromatic amines is 1. The molecule has 5 nitrogen and oxygen atoms in total. The number of likely N-dealkylation sites (tertiary alicyclic amines) is 1. The van der Waals surface area contributed by atoms with Crippen LogP contribution in [0.1, 0.15) is 36.2 Å². The van der Waals surface area contributed by atoms with Crippen molar-refractivity contribution in [2.24, 2.45) is 0 Å². The van der Waals surface area contributed by atoms with E-state index in [0.717, 1.165) is 38.0 Å². The van der Waals surface area contributed by atoms with Crippen LogP contribution >= 0.6 is 0 Å². The second kappa shape index (κ2) is 6.02. The third-order valence-corrected chi connectivity index (χ3v) is 5.30. The second-order valence-corrected chi connectivity index (χ2v) is 6.66. The average Bonchev–Trinajstić information content (AvgIpc) is 3.20. The summed E-state index contributed by atoms with van der Waals surface area (Å²) in [4.78, 5) is 17.1. The summed E-state index contributed by atoms with van der Waals surface area (Å²) in [5, 5.41) is 7.13. The second-order valence-electron chi connectivity index (χ2n) is 6.66. The highest BCUT2D eigenvalue weighted by Crippen LogP contribution is 2.30. The standard InChI is InChI=1S/C18H21FN4O/c1-12(13-2-4-15(19)5-3-13)23-9-7-17(18(23)24)22-8-6-16-14(11-22)10-20-21-16/h2-5,10,12,17H,6-9,11H2,1H3,(H,20,21)/t12-,17-/m1/s1. The Morgan fingerprint density at radius 2 is 2.08 bits per heavy atom. The molecule has 24 heavy (non-hydrogen) atoms. The van der Waals surface area contributed by atoms with Crippen molar-refractivity contribution in [3.8, 4) is 0 Å². The smallest absolute Gasteiger partial charge is 0.240 e. The molecular weight excluding hydrogens is 307 g/mol. The van der Waals surface area contributed by atoms with E-state index in [9.17, 15) is 9.18 Å². The van der Waals surface area contributed by atoms with E-state index in [1.54, 1.807) is 12.1 Å². The number of nitrogens with one attached hydrogen (secondary N) is 1. The Balaban J connectivity index is 1.47. The molecule has 3 heterocycles. The van der Waals surface area contributed by atoms with E-state index in [4.69, 9.17) is 0 Å². The van der Waals surface area contributed by atoms with E-state index in [1.165, 1.54) is 23.4 Å². The molecule has 1 aromatic carbocycles. The third kappa shape index (κ3) is 2.60. The van der Waals surface area contributed by atoms with E-state index in [2.05, 4.69) is 15.1 Å². The van der Waals surface area contributed by atoms with E-state index in [-0.39, 0.29) is 23.8 Å². The Hall–Kier alpha value is -2.21. The van der Waals surface area contributed by atoms with Crippen LogP contribution in [0.4, 0.5) is 4.39 Å². The minimum atomic E-state index is -0.249. The predicted molar refractivity (Wildman–Crippen MR) is 87.6 cm³/mol. The molecule has 2 atom stereocenters. The zero-order chi connectivity index (χ0) is 16.7. The summed E-state index contributed by atoms with van der Waals surface area (Å²) in [7, 11) is 0. The molecule has 2 aliphatic heterocycles. The van der Waals surface area contributed by atoms with Crippen LogP contribution < -0.4 is 0 Å². The molecule has 0 saturated carbocycles. The lowest BCUT2D eigenvalue weighted by Gasteiger charge is -2.32. The summed E-state index contributed by atoms with van der Waals surface area (Å²) in [5.74, 6) is -0.0698. The average molecular weight is 328 g/mol. The molecule has 0 bridgehead atoms. The number of hydrogen-bond donors (Lipinski definition) is 1. The summed E-state index contributed by atoms with van der Waals surface area (Å²) in [5.41, 5.74) is 3.36. The van der Waals surface area contributed by atoms with Crippen LogP contribution in [0.2, 0.25) is 0 Å². The number of nitrogens with zero attached hydrogens (tertiary/aromatic N) is 3. The van der Waals surface area contributed by atoms with E-state index >= 15 is 0 Å². The molecule has 1 saturated heterocycles. The van der Waals surface area contributed by atoms with Gasteiger partial charge in [0, 0.05) is 37.3 Å². The van der Waals surface area contributed by atoms with Crippen molar-refractivity contribution in [3.63, 3.8) is 0 Å². The molecule has 0 radical (unpaired) electrons. The molecule has 0 spiro atoms. The Morgan fingerprint density at radius 3 is 2.88 bits per heavy atom. The largest absolute Gasteiger partial charge is 0.335 e. The van der Waals surface area contributed by atoms with Gasteiger partial charge < -0.3 is 4.90 Å². The lowest BCUT2D eigenvalue weighted by atomic mass is 10.1. The molecule has 6 heteroatoms. The van der Waals surface area contributed by atoms with E-state index in [1.807, 2.05) is 18.0 Å². The maximum Gasteiger partial charge on any atom is 0.240 e. The molecule has 1 aromatic heterocycles. The van der Waals surface area contributed by atoms with Gasteiger partial charge in [-0.15, -0.1) is 0 Å². The number of rotatable bonds is 3. The van der Waals surface area contributed by atoms with Gasteiger partial charge in [0.25, 0.3) is 0 Å². The van der Waals surface area contributed by atoms with Crippen molar-refractivity contribution in [2.45, 2.75) is 38.4 Å². The van der Waals surface area contributed by atoms with Gasteiger partial charge in [0.2, 0.25) is 5.91 Å². The fourth-order valence-electron chi connectivity index (χ4n) is 3.84. The minimum absolute atomic E-state index is 0.0302. The highest BCUT2D eigenvalue weighted by atomic mass is 19.1. The summed E-state index contributed by atoms with van der Waals surface area (Å²) in [6, 6.07) is 6.34. The fraction of sp³-hybridized carbons (Fsp3) is 0.444. The topological polar surface area (TPSA) is 52.2 Å². The van der Waals surface area contributed by atoms with Gasteiger partial charge in [-0.05, 0) is 31.0 Å². The van der Waals surface area contributed by atoms with Crippen molar-refractivity contribution >= 4 is 5.91 Å². The molecule has 1 N–H and O–H groups in total. The zero-order valence-electron chi connectivity index (χ0n) is 13.7. The molecular formula is C18H21FN4O. The van der Waals surface area contributed by atoms with Crippen molar-refractivity contribution in [2.75, 3.05) is 13.1 Å². The number of fused-ring (bicyclic) bond motifs is 1. The number of H-pyrrole nitrogens is 1. The number of carbonyl (C=O) groups is 1. The number of aromatic nitrogens is 2. The summed E-state index contributed by atoms with van der Waals surface area (Å²) >= 11 is 0. The Labute approximate surface area is 140 Å². The summed E-state index contributed by atoms with van der Waals surface area (Å²) in [6.07, 6.45) is 3.62. The van der Waals surface area contributed by atoms with Gasteiger partial charge in [-0.3, -0.25) is 14.8 Å². The molecule has 2 aromatic rings. The number of halogens is 1. The van der Waals surface area contributed by atoms with Crippen LogP contribution in [-0.4, -0.2) is 45.0 Å².